The Morgan fingerprint density at radius 2 is 1.44 bits per heavy atom. The molecule has 2 rings (SSSR count). The van der Waals surface area contributed by atoms with E-state index in [1.165, 1.54) is 71.0 Å². The van der Waals surface area contributed by atoms with Crippen molar-refractivity contribution in [1.29, 1.82) is 0 Å². The van der Waals surface area contributed by atoms with Crippen molar-refractivity contribution in [2.24, 2.45) is 17.6 Å². The number of piperidine rings is 1. The Morgan fingerprint density at radius 1 is 0.812 bits per heavy atom. The van der Waals surface area contributed by atoms with E-state index in [1.54, 1.807) is 0 Å². The summed E-state index contributed by atoms with van der Waals surface area (Å²) in [7, 11) is 0. The minimum absolute atomic E-state index is 0.811. The molecule has 0 aromatic heterocycles. The van der Waals surface area contributed by atoms with Gasteiger partial charge in [0, 0.05) is 6.54 Å². The molecule has 0 atom stereocenters. The molecule has 1 heterocycles. The summed E-state index contributed by atoms with van der Waals surface area (Å²) in [6.45, 7) is 4.88. The van der Waals surface area contributed by atoms with Crippen LogP contribution in [0.5, 0.6) is 0 Å². The molecule has 2 N–H and O–H groups in total. The highest BCUT2D eigenvalue weighted by atomic mass is 15.1. The molecule has 0 amide bonds. The van der Waals surface area contributed by atoms with E-state index in [9.17, 15) is 0 Å². The smallest absolute Gasteiger partial charge is 0.000966 e. The van der Waals surface area contributed by atoms with Gasteiger partial charge in [-0.25, -0.2) is 0 Å². The molecule has 2 nitrogen and oxygen atoms in total. The molecule has 1 saturated heterocycles. The summed E-state index contributed by atoms with van der Waals surface area (Å²) < 4.78 is 0. The van der Waals surface area contributed by atoms with Crippen molar-refractivity contribution in [2.45, 2.75) is 51.4 Å². The highest BCUT2D eigenvalue weighted by Gasteiger charge is 2.21. The van der Waals surface area contributed by atoms with Crippen LogP contribution in [0.3, 0.4) is 0 Å². The Morgan fingerprint density at radius 3 is 2.00 bits per heavy atom. The normalized spacial score (nSPS) is 26.8. The van der Waals surface area contributed by atoms with E-state index >= 15 is 0 Å². The van der Waals surface area contributed by atoms with Crippen LogP contribution >= 0.6 is 0 Å². The standard InChI is InChI=1S/C14H28N2/c15-11-13-7-9-16(10-8-13)12-14-5-3-1-2-4-6-14/h13-14H,1-12,15H2. The second-order valence-electron chi connectivity index (χ2n) is 5.84. The molecule has 0 unspecified atom stereocenters. The molecule has 2 fully saturated rings. The molecule has 2 heteroatoms. The van der Waals surface area contributed by atoms with E-state index in [4.69, 9.17) is 5.73 Å². The first-order valence-corrected chi connectivity index (χ1v) is 7.31. The number of hydrogen-bond donors (Lipinski definition) is 1. The molecule has 0 aromatic carbocycles. The quantitative estimate of drug-likeness (QED) is 0.747. The van der Waals surface area contributed by atoms with Gasteiger partial charge in [-0.05, 0) is 57.2 Å². The molecular formula is C14H28N2. The summed E-state index contributed by atoms with van der Waals surface area (Å²) in [4.78, 5) is 2.70. The lowest BCUT2D eigenvalue weighted by Gasteiger charge is -2.33. The molecule has 0 aromatic rings. The molecule has 2 aliphatic rings. The summed E-state index contributed by atoms with van der Waals surface area (Å²) in [5.74, 6) is 1.81. The van der Waals surface area contributed by atoms with Gasteiger partial charge in [0.25, 0.3) is 0 Å². The second kappa shape index (κ2) is 6.61. The number of nitrogens with zero attached hydrogens (tertiary/aromatic N) is 1. The van der Waals surface area contributed by atoms with Gasteiger partial charge >= 0.3 is 0 Å². The Bertz CT molecular complexity index is 177. The molecule has 1 aliphatic carbocycles. The molecule has 0 bridgehead atoms. The van der Waals surface area contributed by atoms with Crippen LogP contribution in [0.1, 0.15) is 51.4 Å². The van der Waals surface area contributed by atoms with Crippen LogP contribution in [-0.4, -0.2) is 31.1 Å². The fourth-order valence-electron chi connectivity index (χ4n) is 3.32. The largest absolute Gasteiger partial charge is 0.330 e. The van der Waals surface area contributed by atoms with E-state index in [-0.39, 0.29) is 0 Å². The highest BCUT2D eigenvalue weighted by Crippen LogP contribution is 2.25. The van der Waals surface area contributed by atoms with Crippen LogP contribution in [0.4, 0.5) is 0 Å². The van der Waals surface area contributed by atoms with Crippen LogP contribution in [0.25, 0.3) is 0 Å². The van der Waals surface area contributed by atoms with Crippen molar-refractivity contribution in [3.8, 4) is 0 Å². The van der Waals surface area contributed by atoms with Gasteiger partial charge in [-0.3, -0.25) is 0 Å². The van der Waals surface area contributed by atoms with E-state index in [0.717, 1.165) is 18.4 Å². The van der Waals surface area contributed by atoms with Crippen molar-refractivity contribution >= 4 is 0 Å². The minimum Gasteiger partial charge on any atom is -0.330 e. The molecule has 94 valence electrons. The molecule has 1 saturated carbocycles. The van der Waals surface area contributed by atoms with Crippen molar-refractivity contribution in [2.75, 3.05) is 26.2 Å². The van der Waals surface area contributed by atoms with Gasteiger partial charge in [-0.1, -0.05) is 25.7 Å². The molecule has 16 heavy (non-hydrogen) atoms. The van der Waals surface area contributed by atoms with E-state index in [0.29, 0.717) is 0 Å². The summed E-state index contributed by atoms with van der Waals surface area (Å²) in [5, 5.41) is 0. The van der Waals surface area contributed by atoms with Crippen molar-refractivity contribution in [1.82, 2.24) is 4.90 Å². The fraction of sp³-hybridized carbons (Fsp3) is 1.00. The zero-order chi connectivity index (χ0) is 11.2. The van der Waals surface area contributed by atoms with Crippen molar-refractivity contribution in [3.63, 3.8) is 0 Å². The van der Waals surface area contributed by atoms with Crippen LogP contribution in [0.15, 0.2) is 0 Å². The topological polar surface area (TPSA) is 29.3 Å². The second-order valence-corrected chi connectivity index (χ2v) is 5.84. The van der Waals surface area contributed by atoms with Crippen LogP contribution < -0.4 is 5.73 Å². The molecule has 0 radical (unpaired) electrons. The van der Waals surface area contributed by atoms with Crippen molar-refractivity contribution in [3.05, 3.63) is 0 Å². The maximum Gasteiger partial charge on any atom is 0.000966 e. The first-order chi connectivity index (χ1) is 7.88. The Hall–Kier alpha value is -0.0800. The molecular weight excluding hydrogens is 196 g/mol. The van der Waals surface area contributed by atoms with Gasteiger partial charge in [0.05, 0.1) is 0 Å². The highest BCUT2D eigenvalue weighted by molar-refractivity contribution is 4.76. The Kier molecular flexibility index (Phi) is 5.11. The SMILES string of the molecule is NCC1CCN(CC2CCCCCC2)CC1. The van der Waals surface area contributed by atoms with E-state index < -0.39 is 0 Å². The van der Waals surface area contributed by atoms with Gasteiger partial charge in [-0.2, -0.15) is 0 Å². The molecule has 0 spiro atoms. The lowest BCUT2D eigenvalue weighted by molar-refractivity contribution is 0.157. The molecule has 1 aliphatic heterocycles. The maximum atomic E-state index is 5.74. The number of rotatable bonds is 3. The zero-order valence-electron chi connectivity index (χ0n) is 10.7. The van der Waals surface area contributed by atoms with Crippen LogP contribution in [-0.2, 0) is 0 Å². The Labute approximate surface area is 101 Å². The minimum atomic E-state index is 0.811. The summed E-state index contributed by atoms with van der Waals surface area (Å²) in [5.41, 5.74) is 5.74. The number of nitrogens with two attached hydrogens (primary N) is 1. The van der Waals surface area contributed by atoms with E-state index in [2.05, 4.69) is 4.90 Å². The van der Waals surface area contributed by atoms with Crippen molar-refractivity contribution < 1.29 is 0 Å². The van der Waals surface area contributed by atoms with Gasteiger partial charge < -0.3 is 10.6 Å². The fourth-order valence-corrected chi connectivity index (χ4v) is 3.32. The monoisotopic (exact) mass is 224 g/mol. The summed E-state index contributed by atoms with van der Waals surface area (Å²) in [6.07, 6.45) is 11.5. The predicted octanol–water partition coefficient (Wildman–Crippen LogP) is 2.63. The predicted molar refractivity (Wildman–Crippen MR) is 69.4 cm³/mol. The average Bonchev–Trinajstić information content (AvgIpc) is 2.59. The van der Waals surface area contributed by atoms with Gasteiger partial charge in [-0.15, -0.1) is 0 Å². The van der Waals surface area contributed by atoms with Crippen LogP contribution in [0, 0.1) is 11.8 Å². The number of likely N-dealkylation sites (tertiary alicyclic amines) is 1. The third-order valence-electron chi connectivity index (χ3n) is 4.53. The summed E-state index contributed by atoms with van der Waals surface area (Å²) >= 11 is 0. The summed E-state index contributed by atoms with van der Waals surface area (Å²) in [6, 6.07) is 0. The Balaban J connectivity index is 1.69. The van der Waals surface area contributed by atoms with E-state index in [1.807, 2.05) is 0 Å². The average molecular weight is 224 g/mol. The first kappa shape index (κ1) is 12.4. The zero-order valence-corrected chi connectivity index (χ0v) is 10.7. The lowest BCUT2D eigenvalue weighted by atomic mass is 9.94. The first-order valence-electron chi connectivity index (χ1n) is 7.31. The van der Waals surface area contributed by atoms with Crippen LogP contribution in [0.2, 0.25) is 0 Å². The third-order valence-corrected chi connectivity index (χ3v) is 4.53. The van der Waals surface area contributed by atoms with Gasteiger partial charge in [0.2, 0.25) is 0 Å². The van der Waals surface area contributed by atoms with Gasteiger partial charge in [0.15, 0.2) is 0 Å². The maximum absolute atomic E-state index is 5.74. The lowest BCUT2D eigenvalue weighted by Crippen LogP contribution is -2.38. The number of hydrogen-bond acceptors (Lipinski definition) is 2. The third kappa shape index (κ3) is 3.74. The van der Waals surface area contributed by atoms with Gasteiger partial charge in [0.1, 0.15) is 0 Å².